The average molecular weight is 310 g/mol. The molecule has 1 aliphatic carbocycles. The molecule has 5 nitrogen and oxygen atoms in total. The zero-order valence-electron chi connectivity index (χ0n) is 14.0. The lowest BCUT2D eigenvalue weighted by Crippen LogP contribution is -2.41. The van der Waals surface area contributed by atoms with Gasteiger partial charge in [0.2, 0.25) is 0 Å². The van der Waals surface area contributed by atoms with Crippen molar-refractivity contribution in [2.75, 3.05) is 32.8 Å². The molecule has 2 amide bonds. The van der Waals surface area contributed by atoms with Crippen molar-refractivity contribution < 1.29 is 14.3 Å². The highest BCUT2D eigenvalue weighted by molar-refractivity contribution is 5.74. The summed E-state index contributed by atoms with van der Waals surface area (Å²) in [5, 5.41) is 3.10. The molecule has 3 rings (SSSR count). The Morgan fingerprint density at radius 2 is 1.82 bits per heavy atom. The Balaban J connectivity index is 1.40. The predicted molar refractivity (Wildman–Crippen MR) is 84.5 cm³/mol. The van der Waals surface area contributed by atoms with E-state index in [2.05, 4.69) is 12.2 Å². The lowest BCUT2D eigenvalue weighted by molar-refractivity contribution is -0.153. The SMILES string of the molecule is C[C@H](CNC(=O)N1C[C@H]2CCCC[C@H]2C1)CC1(C)OCCO1. The molecule has 3 aliphatic rings. The van der Waals surface area contributed by atoms with Crippen molar-refractivity contribution in [1.29, 1.82) is 0 Å². The molecule has 126 valence electrons. The number of hydrogen-bond acceptors (Lipinski definition) is 3. The molecular formula is C17H30N2O3. The Hall–Kier alpha value is -0.810. The maximum atomic E-state index is 12.4. The van der Waals surface area contributed by atoms with Gasteiger partial charge < -0.3 is 19.7 Å². The van der Waals surface area contributed by atoms with Crippen LogP contribution in [-0.2, 0) is 9.47 Å². The number of urea groups is 1. The fourth-order valence-electron chi connectivity index (χ4n) is 4.32. The van der Waals surface area contributed by atoms with E-state index in [0.29, 0.717) is 25.7 Å². The van der Waals surface area contributed by atoms with Crippen LogP contribution in [0.2, 0.25) is 0 Å². The monoisotopic (exact) mass is 310 g/mol. The molecule has 0 aromatic heterocycles. The minimum absolute atomic E-state index is 0.111. The third kappa shape index (κ3) is 3.74. The van der Waals surface area contributed by atoms with Gasteiger partial charge in [-0.3, -0.25) is 0 Å². The summed E-state index contributed by atoms with van der Waals surface area (Å²) in [6, 6.07) is 0.111. The average Bonchev–Trinajstić information content (AvgIpc) is 3.10. The number of nitrogens with zero attached hydrogens (tertiary/aromatic N) is 1. The summed E-state index contributed by atoms with van der Waals surface area (Å²) in [4.78, 5) is 14.4. The topological polar surface area (TPSA) is 50.8 Å². The highest BCUT2D eigenvalue weighted by Gasteiger charge is 2.37. The molecule has 2 aliphatic heterocycles. The largest absolute Gasteiger partial charge is 0.348 e. The summed E-state index contributed by atoms with van der Waals surface area (Å²) >= 11 is 0. The van der Waals surface area contributed by atoms with Crippen LogP contribution in [0, 0.1) is 17.8 Å². The van der Waals surface area contributed by atoms with E-state index in [0.717, 1.165) is 31.3 Å². The fraction of sp³-hybridized carbons (Fsp3) is 0.941. The van der Waals surface area contributed by atoms with E-state index < -0.39 is 5.79 Å². The Morgan fingerprint density at radius 1 is 1.23 bits per heavy atom. The molecule has 2 heterocycles. The van der Waals surface area contributed by atoms with E-state index >= 15 is 0 Å². The Kier molecular flexibility index (Phi) is 4.93. The number of hydrogen-bond donors (Lipinski definition) is 1. The molecule has 0 aromatic carbocycles. The van der Waals surface area contributed by atoms with Crippen molar-refractivity contribution in [3.8, 4) is 0 Å². The molecule has 5 heteroatoms. The first kappa shape index (κ1) is 16.1. The van der Waals surface area contributed by atoms with Crippen LogP contribution in [0.4, 0.5) is 4.79 Å². The van der Waals surface area contributed by atoms with Crippen LogP contribution >= 0.6 is 0 Å². The number of carbonyl (C=O) groups is 1. The van der Waals surface area contributed by atoms with Gasteiger partial charge in [0.25, 0.3) is 0 Å². The molecule has 3 atom stereocenters. The number of carbonyl (C=O) groups excluding carboxylic acids is 1. The van der Waals surface area contributed by atoms with Crippen LogP contribution in [0.1, 0.15) is 46.0 Å². The summed E-state index contributed by atoms with van der Waals surface area (Å²) in [6.07, 6.45) is 6.10. The second-order valence-electron chi connectivity index (χ2n) is 7.54. The van der Waals surface area contributed by atoms with Crippen LogP contribution in [0.3, 0.4) is 0 Å². The van der Waals surface area contributed by atoms with E-state index in [1.165, 1.54) is 25.7 Å². The third-order valence-electron chi connectivity index (χ3n) is 5.48. The van der Waals surface area contributed by atoms with Crippen molar-refractivity contribution in [2.24, 2.45) is 17.8 Å². The molecule has 3 fully saturated rings. The second kappa shape index (κ2) is 6.75. The molecule has 0 radical (unpaired) electrons. The first-order chi connectivity index (χ1) is 10.6. The van der Waals surface area contributed by atoms with Gasteiger partial charge in [-0.05, 0) is 37.5 Å². The van der Waals surface area contributed by atoms with E-state index in [-0.39, 0.29) is 6.03 Å². The first-order valence-electron chi connectivity index (χ1n) is 8.86. The van der Waals surface area contributed by atoms with Gasteiger partial charge in [-0.1, -0.05) is 19.8 Å². The Labute approximate surface area is 133 Å². The molecular weight excluding hydrogens is 280 g/mol. The van der Waals surface area contributed by atoms with Crippen molar-refractivity contribution >= 4 is 6.03 Å². The third-order valence-corrected chi connectivity index (χ3v) is 5.48. The lowest BCUT2D eigenvalue weighted by atomic mass is 9.82. The smallest absolute Gasteiger partial charge is 0.317 e. The summed E-state index contributed by atoms with van der Waals surface area (Å²) in [6.45, 7) is 8.07. The van der Waals surface area contributed by atoms with Gasteiger partial charge in [0, 0.05) is 26.1 Å². The summed E-state index contributed by atoms with van der Waals surface area (Å²) in [5.41, 5.74) is 0. The van der Waals surface area contributed by atoms with Gasteiger partial charge in [-0.15, -0.1) is 0 Å². The van der Waals surface area contributed by atoms with E-state index in [4.69, 9.17) is 9.47 Å². The quantitative estimate of drug-likeness (QED) is 0.868. The maximum Gasteiger partial charge on any atom is 0.317 e. The number of likely N-dealkylation sites (tertiary alicyclic amines) is 1. The van der Waals surface area contributed by atoms with Crippen LogP contribution in [0.15, 0.2) is 0 Å². The van der Waals surface area contributed by atoms with E-state index in [9.17, 15) is 4.79 Å². The molecule has 22 heavy (non-hydrogen) atoms. The second-order valence-corrected chi connectivity index (χ2v) is 7.54. The number of amides is 2. The maximum absolute atomic E-state index is 12.4. The first-order valence-corrected chi connectivity index (χ1v) is 8.86. The number of nitrogens with one attached hydrogen (secondary N) is 1. The molecule has 1 N–H and O–H groups in total. The number of fused-ring (bicyclic) bond motifs is 1. The van der Waals surface area contributed by atoms with Crippen molar-refractivity contribution in [3.05, 3.63) is 0 Å². The summed E-state index contributed by atoms with van der Waals surface area (Å²) < 4.78 is 11.3. The molecule has 0 aromatic rings. The lowest BCUT2D eigenvalue weighted by Gasteiger charge is -2.26. The van der Waals surface area contributed by atoms with Gasteiger partial charge in [-0.25, -0.2) is 4.79 Å². The van der Waals surface area contributed by atoms with Gasteiger partial charge >= 0.3 is 6.03 Å². The zero-order chi connectivity index (χ0) is 15.6. The van der Waals surface area contributed by atoms with Gasteiger partial charge in [-0.2, -0.15) is 0 Å². The van der Waals surface area contributed by atoms with Crippen molar-refractivity contribution in [2.45, 2.75) is 51.7 Å². The molecule has 1 saturated carbocycles. The van der Waals surface area contributed by atoms with Crippen molar-refractivity contribution in [3.63, 3.8) is 0 Å². The Morgan fingerprint density at radius 3 is 2.41 bits per heavy atom. The van der Waals surface area contributed by atoms with Crippen molar-refractivity contribution in [1.82, 2.24) is 10.2 Å². The highest BCUT2D eigenvalue weighted by atomic mass is 16.7. The van der Waals surface area contributed by atoms with Gasteiger partial charge in [0.05, 0.1) is 13.2 Å². The minimum atomic E-state index is -0.466. The predicted octanol–water partition coefficient (Wildman–Crippen LogP) is 2.61. The van der Waals surface area contributed by atoms with Crippen LogP contribution in [-0.4, -0.2) is 49.6 Å². The van der Waals surface area contributed by atoms with E-state index in [1.54, 1.807) is 0 Å². The van der Waals surface area contributed by atoms with Gasteiger partial charge in [0.15, 0.2) is 5.79 Å². The van der Waals surface area contributed by atoms with Crippen LogP contribution < -0.4 is 5.32 Å². The van der Waals surface area contributed by atoms with E-state index in [1.807, 2.05) is 11.8 Å². The molecule has 0 bridgehead atoms. The van der Waals surface area contributed by atoms with Crippen LogP contribution in [0.5, 0.6) is 0 Å². The number of rotatable bonds is 4. The summed E-state index contributed by atoms with van der Waals surface area (Å²) in [7, 11) is 0. The minimum Gasteiger partial charge on any atom is -0.348 e. The Bertz CT molecular complexity index is 381. The molecule has 2 saturated heterocycles. The standard InChI is InChI=1S/C17H30N2O3/c1-13(9-17(2)21-7-8-22-17)10-18-16(20)19-11-14-5-3-4-6-15(14)12-19/h13-15H,3-12H2,1-2H3,(H,18,20)/t13-,14-,15+/m0/s1. The fourth-order valence-corrected chi connectivity index (χ4v) is 4.32. The van der Waals surface area contributed by atoms with Crippen LogP contribution in [0.25, 0.3) is 0 Å². The number of ether oxygens (including phenoxy) is 2. The zero-order valence-corrected chi connectivity index (χ0v) is 14.0. The normalized spacial score (nSPS) is 31.8. The molecule has 0 unspecified atom stereocenters. The molecule has 0 spiro atoms. The highest BCUT2D eigenvalue weighted by Crippen LogP contribution is 2.36. The van der Waals surface area contributed by atoms with Gasteiger partial charge in [0.1, 0.15) is 0 Å². The summed E-state index contributed by atoms with van der Waals surface area (Å²) in [5.74, 6) is 1.37.